The molecule has 7 heteroatoms. The predicted octanol–water partition coefficient (Wildman–Crippen LogP) is 5.86. The topological polar surface area (TPSA) is 44.3 Å². The van der Waals surface area contributed by atoms with Gasteiger partial charge < -0.3 is 15.1 Å². The number of halogens is 1. The van der Waals surface area contributed by atoms with Crippen molar-refractivity contribution in [1.82, 2.24) is 14.9 Å². The fraction of sp³-hybridized carbons (Fsp3) is 0.385. The number of hydrogen-bond acceptors (Lipinski definition) is 6. The van der Waals surface area contributed by atoms with E-state index in [9.17, 15) is 0 Å². The van der Waals surface area contributed by atoms with Gasteiger partial charge >= 0.3 is 0 Å². The minimum Gasteiger partial charge on any atom is -0.357 e. The molecule has 1 fully saturated rings. The van der Waals surface area contributed by atoms with Gasteiger partial charge in [-0.2, -0.15) is 9.97 Å². The third kappa shape index (κ3) is 6.40. The van der Waals surface area contributed by atoms with Crippen LogP contribution in [-0.4, -0.2) is 54.6 Å². The normalized spacial score (nSPS) is 16.9. The Morgan fingerprint density at radius 1 is 1.03 bits per heavy atom. The van der Waals surface area contributed by atoms with Gasteiger partial charge in [0, 0.05) is 38.1 Å². The Bertz CT molecular complexity index is 1020. The number of nitrogens with zero attached hydrogens (tertiary/aromatic N) is 4. The third-order valence-corrected chi connectivity index (χ3v) is 7.70. The van der Waals surface area contributed by atoms with Gasteiger partial charge in [0.2, 0.25) is 5.95 Å². The van der Waals surface area contributed by atoms with Crippen LogP contribution >= 0.6 is 23.4 Å². The van der Waals surface area contributed by atoms with Crippen LogP contribution in [0.2, 0.25) is 5.15 Å². The Morgan fingerprint density at radius 3 is 2.48 bits per heavy atom. The zero-order chi connectivity index (χ0) is 23.0. The van der Waals surface area contributed by atoms with E-state index in [1.165, 1.54) is 12.0 Å². The van der Waals surface area contributed by atoms with E-state index in [0.29, 0.717) is 17.1 Å². The lowest BCUT2D eigenvalue weighted by Gasteiger charge is -2.30. The number of anilines is 2. The largest absolute Gasteiger partial charge is 0.357 e. The second-order valence-corrected chi connectivity index (χ2v) is 9.87. The molecule has 2 heterocycles. The highest BCUT2D eigenvalue weighted by Gasteiger charge is 2.25. The van der Waals surface area contributed by atoms with Crippen LogP contribution in [0.4, 0.5) is 11.8 Å². The van der Waals surface area contributed by atoms with Gasteiger partial charge in [-0.3, -0.25) is 0 Å². The van der Waals surface area contributed by atoms with Gasteiger partial charge in [0.25, 0.3) is 0 Å². The molecule has 0 aliphatic carbocycles. The van der Waals surface area contributed by atoms with E-state index in [-0.39, 0.29) is 0 Å². The monoisotopic (exact) mass is 481 g/mol. The second kappa shape index (κ2) is 11.7. The standard InChI is InChI=1S/C26H32ClN5S/c1-28-26-29-24(27)23(33-22-13-7-4-8-14-22)25(30-26)31(2)21-12-9-17-32(19-16-21)18-15-20-10-5-3-6-11-20/h3-8,10-11,13-14,21H,9,12,15-19H2,1-2H3,(H,28,29,30). The van der Waals surface area contributed by atoms with Crippen LogP contribution in [0.5, 0.6) is 0 Å². The van der Waals surface area contributed by atoms with Gasteiger partial charge in [0.05, 0.1) is 4.90 Å². The van der Waals surface area contributed by atoms with E-state index in [2.05, 4.69) is 69.6 Å². The van der Waals surface area contributed by atoms with Crippen molar-refractivity contribution in [2.45, 2.75) is 41.5 Å². The van der Waals surface area contributed by atoms with Crippen LogP contribution in [0.1, 0.15) is 24.8 Å². The maximum Gasteiger partial charge on any atom is 0.225 e. The molecule has 1 aromatic heterocycles. The van der Waals surface area contributed by atoms with Crippen molar-refractivity contribution in [3.63, 3.8) is 0 Å². The van der Waals surface area contributed by atoms with Gasteiger partial charge in [-0.15, -0.1) is 0 Å². The van der Waals surface area contributed by atoms with Crippen LogP contribution in [0, 0.1) is 0 Å². The van der Waals surface area contributed by atoms with Crippen molar-refractivity contribution in [3.8, 4) is 0 Å². The molecule has 1 aliphatic heterocycles. The minimum absolute atomic E-state index is 0.414. The Balaban J connectivity index is 1.47. The van der Waals surface area contributed by atoms with Gasteiger partial charge in [-0.25, -0.2) is 0 Å². The predicted molar refractivity (Wildman–Crippen MR) is 140 cm³/mol. The van der Waals surface area contributed by atoms with Crippen LogP contribution in [0.25, 0.3) is 0 Å². The molecular weight excluding hydrogens is 450 g/mol. The van der Waals surface area contributed by atoms with Crippen molar-refractivity contribution in [3.05, 3.63) is 71.4 Å². The zero-order valence-electron chi connectivity index (χ0n) is 19.4. The summed E-state index contributed by atoms with van der Waals surface area (Å²) < 4.78 is 0. The first kappa shape index (κ1) is 23.9. The molecule has 0 spiro atoms. The third-order valence-electron chi connectivity index (χ3n) is 6.22. The molecule has 1 saturated heterocycles. The van der Waals surface area contributed by atoms with Crippen LogP contribution in [0.15, 0.2) is 70.5 Å². The fourth-order valence-corrected chi connectivity index (χ4v) is 5.53. The first-order valence-electron chi connectivity index (χ1n) is 11.6. The fourth-order valence-electron chi connectivity index (χ4n) is 4.31. The molecule has 33 heavy (non-hydrogen) atoms. The van der Waals surface area contributed by atoms with Crippen LogP contribution < -0.4 is 10.2 Å². The summed E-state index contributed by atoms with van der Waals surface area (Å²) in [6, 6.07) is 21.5. The molecule has 2 aromatic carbocycles. The van der Waals surface area contributed by atoms with E-state index in [0.717, 1.165) is 54.5 Å². The lowest BCUT2D eigenvalue weighted by Crippen LogP contribution is -2.34. The number of rotatable bonds is 8. The molecule has 1 atom stereocenters. The molecule has 174 valence electrons. The highest BCUT2D eigenvalue weighted by Crippen LogP contribution is 2.40. The molecule has 1 N–H and O–H groups in total. The molecule has 3 aromatic rings. The molecule has 1 aliphatic rings. The first-order valence-corrected chi connectivity index (χ1v) is 12.8. The van der Waals surface area contributed by atoms with Crippen molar-refractivity contribution in [2.24, 2.45) is 0 Å². The Labute approximate surface area is 206 Å². The highest BCUT2D eigenvalue weighted by molar-refractivity contribution is 7.99. The van der Waals surface area contributed by atoms with Gasteiger partial charge in [0.1, 0.15) is 5.82 Å². The summed E-state index contributed by atoms with van der Waals surface area (Å²) in [5, 5.41) is 3.55. The van der Waals surface area contributed by atoms with Crippen molar-refractivity contribution < 1.29 is 0 Å². The average Bonchev–Trinajstić information content (AvgIpc) is 3.10. The zero-order valence-corrected chi connectivity index (χ0v) is 20.9. The molecule has 0 radical (unpaired) electrons. The second-order valence-electron chi connectivity index (χ2n) is 8.43. The minimum atomic E-state index is 0.414. The highest BCUT2D eigenvalue weighted by atomic mass is 35.5. The quantitative estimate of drug-likeness (QED) is 0.407. The number of likely N-dealkylation sites (tertiary alicyclic amines) is 1. The van der Waals surface area contributed by atoms with E-state index in [4.69, 9.17) is 16.6 Å². The van der Waals surface area contributed by atoms with Crippen LogP contribution in [-0.2, 0) is 6.42 Å². The SMILES string of the molecule is CNc1nc(Cl)c(Sc2ccccc2)c(N(C)C2CCCN(CCc3ccccc3)CC2)n1. The van der Waals surface area contributed by atoms with Crippen LogP contribution in [0.3, 0.4) is 0 Å². The number of hydrogen-bond donors (Lipinski definition) is 1. The molecule has 1 unspecified atom stereocenters. The first-order chi connectivity index (χ1) is 16.1. The van der Waals surface area contributed by atoms with Gasteiger partial charge in [-0.05, 0) is 49.9 Å². The molecule has 5 nitrogen and oxygen atoms in total. The summed E-state index contributed by atoms with van der Waals surface area (Å²) in [4.78, 5) is 16.2. The summed E-state index contributed by atoms with van der Waals surface area (Å²) >= 11 is 8.28. The number of benzene rings is 2. The number of aromatic nitrogens is 2. The smallest absolute Gasteiger partial charge is 0.225 e. The molecule has 0 amide bonds. The molecule has 0 bridgehead atoms. The molecule has 4 rings (SSSR count). The average molecular weight is 482 g/mol. The maximum absolute atomic E-state index is 6.65. The summed E-state index contributed by atoms with van der Waals surface area (Å²) in [6.45, 7) is 3.36. The van der Waals surface area contributed by atoms with Crippen molar-refractivity contribution >= 4 is 35.1 Å². The van der Waals surface area contributed by atoms with E-state index < -0.39 is 0 Å². The van der Waals surface area contributed by atoms with E-state index >= 15 is 0 Å². The Morgan fingerprint density at radius 2 is 1.76 bits per heavy atom. The van der Waals surface area contributed by atoms with Gasteiger partial charge in [0.15, 0.2) is 5.15 Å². The Kier molecular flexibility index (Phi) is 8.48. The summed E-state index contributed by atoms with van der Waals surface area (Å²) in [7, 11) is 3.98. The van der Waals surface area contributed by atoms with Crippen molar-refractivity contribution in [1.29, 1.82) is 0 Å². The maximum atomic E-state index is 6.65. The summed E-state index contributed by atoms with van der Waals surface area (Å²) in [5.41, 5.74) is 1.41. The Hall–Kier alpha value is -2.28. The summed E-state index contributed by atoms with van der Waals surface area (Å²) in [6.07, 6.45) is 4.54. The van der Waals surface area contributed by atoms with Gasteiger partial charge in [-0.1, -0.05) is 71.9 Å². The lowest BCUT2D eigenvalue weighted by atomic mass is 10.1. The molecule has 0 saturated carbocycles. The number of nitrogens with one attached hydrogen (secondary N) is 1. The molecular formula is C26H32ClN5S. The van der Waals surface area contributed by atoms with Crippen molar-refractivity contribution in [2.75, 3.05) is 43.9 Å². The lowest BCUT2D eigenvalue weighted by molar-refractivity contribution is 0.287. The van der Waals surface area contributed by atoms with E-state index in [1.807, 2.05) is 25.2 Å². The summed E-state index contributed by atoms with van der Waals surface area (Å²) in [5.74, 6) is 1.45. The van der Waals surface area contributed by atoms with E-state index in [1.54, 1.807) is 11.8 Å².